The van der Waals surface area contributed by atoms with Crippen LogP contribution in [0, 0.1) is 5.92 Å². The van der Waals surface area contributed by atoms with E-state index in [0.717, 1.165) is 17.4 Å². The standard InChI is InChI=1S/C33H47N3O7S/c1-21(2)25(18-23-14-10-8-11-15-23)34-28(37)20-27-29(43-27)26(19-24-16-12-9-13-17-24)35-31(38)30(33(5,6)44(7,40)41)36-32(39)42-22(3)4/h8-17,21-22,25-27,29-30H,18-20H2,1-7H3,(H,34,37)(H,35,38)(H,36,39)/t25?,26?,27?,29?,30-/m1/s1. The molecule has 1 saturated heterocycles. The number of sulfone groups is 1. The van der Waals surface area contributed by atoms with Gasteiger partial charge in [-0.2, -0.15) is 0 Å². The van der Waals surface area contributed by atoms with Crippen LogP contribution >= 0.6 is 0 Å². The summed E-state index contributed by atoms with van der Waals surface area (Å²) < 4.78 is 34.9. The number of alkyl carbamates (subject to hydrolysis) is 1. The Labute approximate surface area is 261 Å². The Hall–Kier alpha value is -3.44. The molecule has 0 bridgehead atoms. The van der Waals surface area contributed by atoms with Crippen LogP contribution in [0.25, 0.3) is 0 Å². The van der Waals surface area contributed by atoms with E-state index in [9.17, 15) is 22.8 Å². The van der Waals surface area contributed by atoms with Crippen LogP contribution in [0.5, 0.6) is 0 Å². The van der Waals surface area contributed by atoms with Crippen molar-refractivity contribution in [1.82, 2.24) is 16.0 Å². The Kier molecular flexibility index (Phi) is 12.0. The van der Waals surface area contributed by atoms with Crippen molar-refractivity contribution in [2.75, 3.05) is 6.26 Å². The van der Waals surface area contributed by atoms with Gasteiger partial charge in [-0.3, -0.25) is 9.59 Å². The second-order valence-corrected chi connectivity index (χ2v) is 15.3. The predicted molar refractivity (Wildman–Crippen MR) is 170 cm³/mol. The zero-order chi connectivity index (χ0) is 32.7. The van der Waals surface area contributed by atoms with Crippen molar-refractivity contribution in [2.45, 2.75) is 102 Å². The molecule has 44 heavy (non-hydrogen) atoms. The number of epoxide rings is 1. The molecular formula is C33H47N3O7S. The molecule has 1 heterocycles. The number of hydrogen-bond acceptors (Lipinski definition) is 7. The Morgan fingerprint density at radius 2 is 1.41 bits per heavy atom. The summed E-state index contributed by atoms with van der Waals surface area (Å²) in [5, 5.41) is 8.53. The molecule has 2 aromatic carbocycles. The molecule has 3 rings (SSSR count). The molecule has 0 radical (unpaired) electrons. The first-order chi connectivity index (χ1) is 20.6. The van der Waals surface area contributed by atoms with Gasteiger partial charge in [-0.25, -0.2) is 13.2 Å². The molecule has 10 nitrogen and oxygen atoms in total. The van der Waals surface area contributed by atoms with Gasteiger partial charge in [0.05, 0.1) is 29.4 Å². The van der Waals surface area contributed by atoms with E-state index >= 15 is 0 Å². The lowest BCUT2D eigenvalue weighted by Gasteiger charge is -2.33. The fourth-order valence-corrected chi connectivity index (χ4v) is 5.56. The molecule has 1 aliphatic heterocycles. The van der Waals surface area contributed by atoms with Gasteiger partial charge in [0.25, 0.3) is 0 Å². The number of carbonyl (C=O) groups is 3. The number of amides is 3. The lowest BCUT2D eigenvalue weighted by atomic mass is 9.95. The maximum absolute atomic E-state index is 13.7. The molecule has 242 valence electrons. The molecule has 4 unspecified atom stereocenters. The van der Waals surface area contributed by atoms with E-state index in [1.807, 2.05) is 60.7 Å². The Morgan fingerprint density at radius 3 is 1.91 bits per heavy atom. The van der Waals surface area contributed by atoms with Gasteiger partial charge in [-0.15, -0.1) is 0 Å². The zero-order valence-electron chi connectivity index (χ0n) is 26.7. The summed E-state index contributed by atoms with van der Waals surface area (Å²) >= 11 is 0. The second-order valence-electron chi connectivity index (χ2n) is 12.7. The van der Waals surface area contributed by atoms with Crippen molar-refractivity contribution in [3.63, 3.8) is 0 Å². The van der Waals surface area contributed by atoms with Gasteiger partial charge >= 0.3 is 6.09 Å². The average molecular weight is 630 g/mol. The Bertz CT molecular complexity index is 1360. The first-order valence-electron chi connectivity index (χ1n) is 15.1. The molecular weight excluding hydrogens is 582 g/mol. The van der Waals surface area contributed by atoms with Crippen LogP contribution in [0.2, 0.25) is 0 Å². The summed E-state index contributed by atoms with van der Waals surface area (Å²) in [6, 6.07) is 17.3. The summed E-state index contributed by atoms with van der Waals surface area (Å²) in [4.78, 5) is 39.3. The predicted octanol–water partition coefficient (Wildman–Crippen LogP) is 3.58. The van der Waals surface area contributed by atoms with E-state index in [-0.39, 0.29) is 24.3 Å². The molecule has 1 aliphatic rings. The quantitative estimate of drug-likeness (QED) is 0.256. The highest BCUT2D eigenvalue weighted by atomic mass is 32.2. The van der Waals surface area contributed by atoms with E-state index in [1.54, 1.807) is 13.8 Å². The smallest absolute Gasteiger partial charge is 0.408 e. The van der Waals surface area contributed by atoms with Gasteiger partial charge in [-0.1, -0.05) is 74.5 Å². The third kappa shape index (κ3) is 10.1. The number of nitrogens with one attached hydrogen (secondary N) is 3. The molecule has 0 aromatic heterocycles. The van der Waals surface area contributed by atoms with Crippen LogP contribution in [0.3, 0.4) is 0 Å². The van der Waals surface area contributed by atoms with Gasteiger partial charge in [0.2, 0.25) is 11.8 Å². The molecule has 3 amide bonds. The Balaban J connectivity index is 1.75. The highest BCUT2D eigenvalue weighted by molar-refractivity contribution is 7.92. The summed E-state index contributed by atoms with van der Waals surface area (Å²) in [7, 11) is -3.80. The van der Waals surface area contributed by atoms with Crippen molar-refractivity contribution < 1.29 is 32.3 Å². The topological polar surface area (TPSA) is 143 Å². The van der Waals surface area contributed by atoms with Crippen LogP contribution < -0.4 is 16.0 Å². The van der Waals surface area contributed by atoms with Crippen molar-refractivity contribution in [3.8, 4) is 0 Å². The first kappa shape index (κ1) is 35.0. The lowest BCUT2D eigenvalue weighted by Crippen LogP contribution is -2.62. The molecule has 2 aromatic rings. The van der Waals surface area contributed by atoms with E-state index in [0.29, 0.717) is 12.8 Å². The van der Waals surface area contributed by atoms with Crippen LogP contribution in [-0.2, 0) is 41.7 Å². The number of benzene rings is 2. The molecule has 0 spiro atoms. The summed E-state index contributed by atoms with van der Waals surface area (Å²) in [6.07, 6.45) is -0.0816. The molecule has 5 atom stereocenters. The SMILES string of the molecule is CC(C)OC(=O)N[C@H](C(=O)NC(Cc1ccccc1)C1OC1CC(=O)NC(Cc1ccccc1)C(C)C)C(C)(C)S(C)(=O)=O. The van der Waals surface area contributed by atoms with E-state index in [4.69, 9.17) is 9.47 Å². The minimum absolute atomic E-state index is 0.0578. The Morgan fingerprint density at radius 1 is 0.864 bits per heavy atom. The van der Waals surface area contributed by atoms with Crippen LogP contribution in [0.1, 0.15) is 59.1 Å². The average Bonchev–Trinajstić information content (AvgIpc) is 3.69. The first-order valence-corrected chi connectivity index (χ1v) is 17.0. The van der Waals surface area contributed by atoms with Crippen molar-refractivity contribution in [1.29, 1.82) is 0 Å². The maximum Gasteiger partial charge on any atom is 0.408 e. The van der Waals surface area contributed by atoms with Crippen LogP contribution in [-0.4, -0.2) is 73.8 Å². The summed E-state index contributed by atoms with van der Waals surface area (Å²) in [5.41, 5.74) is 2.06. The minimum Gasteiger partial charge on any atom is -0.447 e. The van der Waals surface area contributed by atoms with Crippen LogP contribution in [0.4, 0.5) is 4.79 Å². The van der Waals surface area contributed by atoms with Gasteiger partial charge in [0.1, 0.15) is 12.1 Å². The molecule has 0 aliphatic carbocycles. The number of rotatable bonds is 15. The van der Waals surface area contributed by atoms with Crippen LogP contribution in [0.15, 0.2) is 60.7 Å². The fraction of sp³-hybridized carbons (Fsp3) is 0.545. The number of ether oxygens (including phenoxy) is 2. The monoisotopic (exact) mass is 629 g/mol. The maximum atomic E-state index is 13.7. The largest absolute Gasteiger partial charge is 0.447 e. The summed E-state index contributed by atoms with van der Waals surface area (Å²) in [5.74, 6) is -0.625. The van der Waals surface area contributed by atoms with E-state index in [2.05, 4.69) is 29.8 Å². The molecule has 1 fully saturated rings. The van der Waals surface area contributed by atoms with E-state index in [1.165, 1.54) is 13.8 Å². The molecule has 0 saturated carbocycles. The van der Waals surface area contributed by atoms with Gasteiger partial charge in [0.15, 0.2) is 9.84 Å². The number of hydrogen-bond donors (Lipinski definition) is 3. The van der Waals surface area contributed by atoms with Crippen molar-refractivity contribution >= 4 is 27.7 Å². The van der Waals surface area contributed by atoms with Crippen molar-refractivity contribution in [2.24, 2.45) is 5.92 Å². The normalized spacial score (nSPS) is 18.7. The third-order valence-corrected chi connectivity index (χ3v) is 10.1. The second kappa shape index (κ2) is 15.0. The zero-order valence-corrected chi connectivity index (χ0v) is 27.5. The number of carbonyl (C=O) groups excluding carboxylic acids is 3. The lowest BCUT2D eigenvalue weighted by molar-refractivity contribution is -0.124. The summed E-state index contributed by atoms with van der Waals surface area (Å²) in [6.45, 7) is 10.2. The highest BCUT2D eigenvalue weighted by Gasteiger charge is 2.49. The van der Waals surface area contributed by atoms with E-state index < -0.39 is 57.0 Å². The third-order valence-electron chi connectivity index (χ3n) is 8.00. The van der Waals surface area contributed by atoms with Crippen molar-refractivity contribution in [3.05, 3.63) is 71.8 Å². The molecule has 3 N–H and O–H groups in total. The highest BCUT2D eigenvalue weighted by Crippen LogP contribution is 2.31. The van der Waals surface area contributed by atoms with Gasteiger partial charge in [-0.05, 0) is 57.6 Å². The molecule has 11 heteroatoms. The van der Waals surface area contributed by atoms with Gasteiger partial charge < -0.3 is 25.4 Å². The fourth-order valence-electron chi connectivity index (χ4n) is 4.96. The van der Waals surface area contributed by atoms with Gasteiger partial charge in [0, 0.05) is 12.3 Å². The minimum atomic E-state index is -3.80.